The second-order valence-electron chi connectivity index (χ2n) is 10.1. The highest BCUT2D eigenvalue weighted by molar-refractivity contribution is 6.12. The summed E-state index contributed by atoms with van der Waals surface area (Å²) in [7, 11) is 0. The molecule has 7 rings (SSSR count). The van der Waals surface area contributed by atoms with Crippen LogP contribution < -0.4 is 14.2 Å². The molecule has 6 N–H and O–H groups in total. The van der Waals surface area contributed by atoms with Gasteiger partial charge in [-0.2, -0.15) is 0 Å². The summed E-state index contributed by atoms with van der Waals surface area (Å²) in [4.78, 5) is 14.3. The van der Waals surface area contributed by atoms with Gasteiger partial charge in [0.1, 0.15) is 57.7 Å². The molecule has 202 valence electrons. The highest BCUT2D eigenvalue weighted by Gasteiger charge is 2.65. The molecule has 1 spiro atoms. The molecule has 3 heterocycles. The monoisotopic (exact) mass is 542 g/mol. The number of Topliss-reactive ketones (excluding diaryl/α,β-unsaturated/α-hetero) is 1. The summed E-state index contributed by atoms with van der Waals surface area (Å²) >= 11 is 0. The number of carbonyl (C=O) groups is 1. The summed E-state index contributed by atoms with van der Waals surface area (Å²) in [6, 6.07) is 15.6. The van der Waals surface area contributed by atoms with Gasteiger partial charge in [-0.15, -0.1) is 0 Å². The van der Waals surface area contributed by atoms with E-state index >= 15 is 0 Å². The minimum Gasteiger partial charge on any atom is -0.508 e. The lowest BCUT2D eigenvalue weighted by Gasteiger charge is -2.35. The Kier molecular flexibility index (Phi) is 4.92. The summed E-state index contributed by atoms with van der Waals surface area (Å²) < 4.78 is 18.9. The number of rotatable bonds is 2. The Morgan fingerprint density at radius 1 is 0.725 bits per heavy atom. The van der Waals surface area contributed by atoms with Crippen molar-refractivity contribution in [1.82, 2.24) is 0 Å². The predicted molar refractivity (Wildman–Crippen MR) is 137 cm³/mol. The summed E-state index contributed by atoms with van der Waals surface area (Å²) in [5, 5.41) is 62.3. The molecule has 0 aromatic heterocycles. The average molecular weight is 542 g/mol. The molecular formula is C30H22O10. The quantitative estimate of drug-likeness (QED) is 0.219. The maximum Gasteiger partial charge on any atom is 0.244 e. The van der Waals surface area contributed by atoms with Crippen LogP contribution in [-0.4, -0.2) is 42.5 Å². The van der Waals surface area contributed by atoms with Crippen molar-refractivity contribution in [2.75, 3.05) is 0 Å². The van der Waals surface area contributed by atoms with Gasteiger partial charge < -0.3 is 44.8 Å². The van der Waals surface area contributed by atoms with Crippen LogP contribution in [0, 0.1) is 0 Å². The highest BCUT2D eigenvalue weighted by atomic mass is 16.6. The Morgan fingerprint density at radius 3 is 2.05 bits per heavy atom. The van der Waals surface area contributed by atoms with Crippen LogP contribution >= 0.6 is 0 Å². The van der Waals surface area contributed by atoms with Crippen LogP contribution in [0.1, 0.15) is 44.8 Å². The minimum absolute atomic E-state index is 0.0121. The third-order valence-electron chi connectivity index (χ3n) is 7.64. The van der Waals surface area contributed by atoms with Gasteiger partial charge in [0.15, 0.2) is 6.10 Å². The van der Waals surface area contributed by atoms with Crippen molar-refractivity contribution in [1.29, 1.82) is 0 Å². The van der Waals surface area contributed by atoms with Gasteiger partial charge in [-0.05, 0) is 35.4 Å². The largest absolute Gasteiger partial charge is 0.508 e. The van der Waals surface area contributed by atoms with E-state index in [2.05, 4.69) is 0 Å². The van der Waals surface area contributed by atoms with E-state index in [0.29, 0.717) is 11.1 Å². The van der Waals surface area contributed by atoms with Crippen molar-refractivity contribution < 1.29 is 49.6 Å². The molecule has 0 saturated carbocycles. The molecule has 0 fully saturated rings. The lowest BCUT2D eigenvalue weighted by atomic mass is 9.79. The van der Waals surface area contributed by atoms with Crippen molar-refractivity contribution in [3.05, 3.63) is 94.5 Å². The number of carbonyl (C=O) groups excluding carboxylic acids is 1. The Morgan fingerprint density at radius 2 is 1.38 bits per heavy atom. The van der Waals surface area contributed by atoms with Gasteiger partial charge in [-0.3, -0.25) is 4.79 Å². The number of aliphatic hydroxyl groups is 1. The summed E-state index contributed by atoms with van der Waals surface area (Å²) in [6.07, 6.45) is -3.20. The molecule has 40 heavy (non-hydrogen) atoms. The Balaban J connectivity index is 1.46. The smallest absolute Gasteiger partial charge is 0.244 e. The Labute approximate surface area is 226 Å². The van der Waals surface area contributed by atoms with E-state index in [4.69, 9.17) is 14.2 Å². The van der Waals surface area contributed by atoms with Crippen molar-refractivity contribution in [2.45, 2.75) is 30.3 Å². The molecule has 0 amide bonds. The first-order valence-electron chi connectivity index (χ1n) is 12.5. The van der Waals surface area contributed by atoms with Crippen LogP contribution in [0.4, 0.5) is 0 Å². The standard InChI is InChI=1S/C30H22O10/c31-15-5-1-13(2-6-15)26-21(36)11-18-19(34)12-23-25(27(18)39-26)30(29(38-23)14-3-7-16(32)8-4-14)28(37)24-20(35)9-17(33)10-22(24)40-30/h1-10,12,21,26,29,31-36H,11H2/t21-,26+,29+,30?/m0/s1. The molecule has 0 bridgehead atoms. The number of ether oxygens (including phenoxy) is 3. The van der Waals surface area contributed by atoms with Crippen LogP contribution in [-0.2, 0) is 12.0 Å². The average Bonchev–Trinajstić information content (AvgIpc) is 3.39. The first-order chi connectivity index (χ1) is 19.2. The molecule has 4 aromatic rings. The second kappa shape index (κ2) is 8.20. The van der Waals surface area contributed by atoms with Crippen LogP contribution in [0.2, 0.25) is 0 Å². The van der Waals surface area contributed by atoms with Crippen LogP contribution in [0.5, 0.6) is 46.0 Å². The van der Waals surface area contributed by atoms with Gasteiger partial charge in [0.05, 0.1) is 11.7 Å². The van der Waals surface area contributed by atoms with Gasteiger partial charge in [-0.1, -0.05) is 24.3 Å². The molecule has 3 aliphatic rings. The third kappa shape index (κ3) is 3.23. The fourth-order valence-electron chi connectivity index (χ4n) is 5.84. The zero-order valence-electron chi connectivity index (χ0n) is 20.6. The zero-order chi connectivity index (χ0) is 27.9. The summed E-state index contributed by atoms with van der Waals surface area (Å²) in [5.74, 6) is -1.59. The number of fused-ring (bicyclic) bond motifs is 5. The van der Waals surface area contributed by atoms with Gasteiger partial charge in [0.25, 0.3) is 0 Å². The third-order valence-corrected chi connectivity index (χ3v) is 7.64. The Bertz CT molecular complexity index is 1700. The molecule has 4 atom stereocenters. The molecule has 10 heteroatoms. The number of aromatic hydroxyl groups is 5. The lowest BCUT2D eigenvalue weighted by Crippen LogP contribution is -2.42. The summed E-state index contributed by atoms with van der Waals surface area (Å²) in [6.45, 7) is 0. The first-order valence-corrected chi connectivity index (χ1v) is 12.5. The van der Waals surface area contributed by atoms with Crippen molar-refractivity contribution in [3.63, 3.8) is 0 Å². The summed E-state index contributed by atoms with van der Waals surface area (Å²) in [5.41, 5.74) is -0.756. The van der Waals surface area contributed by atoms with Crippen LogP contribution in [0.3, 0.4) is 0 Å². The van der Waals surface area contributed by atoms with Gasteiger partial charge >= 0.3 is 0 Å². The van der Waals surface area contributed by atoms with E-state index in [0.717, 1.165) is 6.07 Å². The SMILES string of the molecule is O=C1c2c(O)cc(O)cc2OC12c1c(cc(O)c3c1O[C@H](c1ccc(O)cc1)[C@@H](O)C3)O[C@@H]2c1ccc(O)cc1. The number of benzene rings is 4. The number of aliphatic hydroxyl groups excluding tert-OH is 1. The maximum absolute atomic E-state index is 14.3. The fourth-order valence-corrected chi connectivity index (χ4v) is 5.84. The number of phenolic OH excluding ortho intramolecular Hbond substituents is 5. The minimum atomic E-state index is -1.96. The van der Waals surface area contributed by atoms with Gasteiger partial charge in [0, 0.05) is 30.2 Å². The molecular weight excluding hydrogens is 520 g/mol. The molecule has 0 aliphatic carbocycles. The van der Waals surface area contributed by atoms with E-state index in [-0.39, 0.29) is 63.4 Å². The highest BCUT2D eigenvalue weighted by Crippen LogP contribution is 2.63. The van der Waals surface area contributed by atoms with Crippen molar-refractivity contribution in [3.8, 4) is 46.0 Å². The number of ketones is 1. The molecule has 10 nitrogen and oxygen atoms in total. The van der Waals surface area contributed by atoms with E-state index in [9.17, 15) is 35.4 Å². The van der Waals surface area contributed by atoms with Gasteiger partial charge in [-0.25, -0.2) is 0 Å². The molecule has 1 unspecified atom stereocenters. The molecule has 0 radical (unpaired) electrons. The van der Waals surface area contributed by atoms with Crippen LogP contribution in [0.15, 0.2) is 66.7 Å². The van der Waals surface area contributed by atoms with E-state index in [1.807, 2.05) is 0 Å². The number of phenols is 5. The number of hydrogen-bond donors (Lipinski definition) is 6. The van der Waals surface area contributed by atoms with E-state index in [1.165, 1.54) is 36.4 Å². The van der Waals surface area contributed by atoms with Crippen molar-refractivity contribution in [2.24, 2.45) is 0 Å². The van der Waals surface area contributed by atoms with E-state index in [1.54, 1.807) is 24.3 Å². The Hall–Kier alpha value is -5.09. The zero-order valence-corrected chi connectivity index (χ0v) is 20.6. The predicted octanol–water partition coefficient (Wildman–Crippen LogP) is 3.86. The maximum atomic E-state index is 14.3. The van der Waals surface area contributed by atoms with Crippen molar-refractivity contribution >= 4 is 5.78 Å². The molecule has 3 aliphatic heterocycles. The molecule has 0 saturated heterocycles. The normalized spacial score (nSPS) is 24.0. The second-order valence-corrected chi connectivity index (χ2v) is 10.1. The fraction of sp³-hybridized carbons (Fsp3) is 0.167. The molecule has 4 aromatic carbocycles. The van der Waals surface area contributed by atoms with E-state index < -0.39 is 35.4 Å². The number of hydrogen-bond acceptors (Lipinski definition) is 10. The van der Waals surface area contributed by atoms with Crippen LogP contribution in [0.25, 0.3) is 0 Å². The topological polar surface area (TPSA) is 166 Å². The van der Waals surface area contributed by atoms with Gasteiger partial charge in [0.2, 0.25) is 11.4 Å². The first kappa shape index (κ1) is 24.0. The lowest BCUT2D eigenvalue weighted by molar-refractivity contribution is -0.00128.